The molecule has 7 heteroatoms. The maximum Gasteiger partial charge on any atom is 0.257 e. The van der Waals surface area contributed by atoms with Crippen LogP contribution >= 0.6 is 0 Å². The third-order valence-corrected chi connectivity index (χ3v) is 4.48. The van der Waals surface area contributed by atoms with Gasteiger partial charge in [0.2, 0.25) is 0 Å². The summed E-state index contributed by atoms with van der Waals surface area (Å²) < 4.78 is 32.2. The summed E-state index contributed by atoms with van der Waals surface area (Å²) >= 11 is 0. The predicted molar refractivity (Wildman–Crippen MR) is 66.7 cm³/mol. The molecule has 1 saturated heterocycles. The third-order valence-electron chi connectivity index (χ3n) is 3.17. The Hall–Kier alpha value is -0.920. The SMILES string of the molecule is CCc1ncc(S(=O)(=O)NCC2(C)CCCO2)[nH]1. The summed E-state index contributed by atoms with van der Waals surface area (Å²) in [6, 6.07) is 0. The van der Waals surface area contributed by atoms with E-state index in [4.69, 9.17) is 4.74 Å². The average Bonchev–Trinajstić information content (AvgIpc) is 2.96. The minimum absolute atomic E-state index is 0.112. The van der Waals surface area contributed by atoms with Crippen LogP contribution in [0.4, 0.5) is 0 Å². The lowest BCUT2D eigenvalue weighted by molar-refractivity contribution is 0.0250. The van der Waals surface area contributed by atoms with Gasteiger partial charge >= 0.3 is 0 Å². The fourth-order valence-electron chi connectivity index (χ4n) is 1.96. The molecule has 1 aromatic heterocycles. The van der Waals surface area contributed by atoms with E-state index in [1.165, 1.54) is 6.20 Å². The molecule has 2 N–H and O–H groups in total. The first-order chi connectivity index (χ1) is 8.45. The normalized spacial score (nSPS) is 24.6. The van der Waals surface area contributed by atoms with Crippen molar-refractivity contribution < 1.29 is 13.2 Å². The summed E-state index contributed by atoms with van der Waals surface area (Å²) in [7, 11) is -3.52. The number of nitrogens with zero attached hydrogens (tertiary/aromatic N) is 1. The molecular weight excluding hydrogens is 254 g/mol. The van der Waals surface area contributed by atoms with Crippen molar-refractivity contribution in [1.29, 1.82) is 0 Å². The molecule has 1 aromatic rings. The first kappa shape index (κ1) is 13.5. The molecule has 0 spiro atoms. The highest BCUT2D eigenvalue weighted by molar-refractivity contribution is 7.89. The number of aryl methyl sites for hydroxylation is 1. The molecule has 0 radical (unpaired) electrons. The Morgan fingerprint density at radius 3 is 2.94 bits per heavy atom. The lowest BCUT2D eigenvalue weighted by atomic mass is 10.0. The van der Waals surface area contributed by atoms with Crippen molar-refractivity contribution in [3.63, 3.8) is 0 Å². The summed E-state index contributed by atoms with van der Waals surface area (Å²) in [5.41, 5.74) is -0.388. The van der Waals surface area contributed by atoms with Gasteiger partial charge in [0, 0.05) is 19.6 Å². The molecule has 1 aliphatic heterocycles. The van der Waals surface area contributed by atoms with Crippen molar-refractivity contribution in [1.82, 2.24) is 14.7 Å². The fraction of sp³-hybridized carbons (Fsp3) is 0.727. The van der Waals surface area contributed by atoms with E-state index in [2.05, 4.69) is 14.7 Å². The van der Waals surface area contributed by atoms with Crippen molar-refractivity contribution in [2.24, 2.45) is 0 Å². The Labute approximate surface area is 107 Å². The zero-order valence-electron chi connectivity index (χ0n) is 10.7. The van der Waals surface area contributed by atoms with Gasteiger partial charge in [0.15, 0.2) is 5.03 Å². The highest BCUT2D eigenvalue weighted by Gasteiger charge is 2.31. The number of hydrogen-bond acceptors (Lipinski definition) is 4. The highest BCUT2D eigenvalue weighted by Crippen LogP contribution is 2.24. The van der Waals surface area contributed by atoms with Crippen molar-refractivity contribution in [2.75, 3.05) is 13.2 Å². The lowest BCUT2D eigenvalue weighted by Gasteiger charge is -2.22. The van der Waals surface area contributed by atoms with Crippen LogP contribution in [0.25, 0.3) is 0 Å². The Morgan fingerprint density at radius 1 is 1.61 bits per heavy atom. The largest absolute Gasteiger partial charge is 0.374 e. The molecule has 0 bridgehead atoms. The van der Waals surface area contributed by atoms with Gasteiger partial charge < -0.3 is 9.72 Å². The molecule has 1 fully saturated rings. The van der Waals surface area contributed by atoms with E-state index in [1.807, 2.05) is 13.8 Å². The summed E-state index contributed by atoms with van der Waals surface area (Å²) in [5.74, 6) is 0.665. The van der Waals surface area contributed by atoms with Gasteiger partial charge in [-0.3, -0.25) is 0 Å². The first-order valence-electron chi connectivity index (χ1n) is 6.13. The Kier molecular flexibility index (Phi) is 3.74. The zero-order chi connectivity index (χ0) is 13.2. The number of H-pyrrole nitrogens is 1. The van der Waals surface area contributed by atoms with Crippen molar-refractivity contribution in [3.05, 3.63) is 12.0 Å². The summed E-state index contributed by atoms with van der Waals surface area (Å²) in [4.78, 5) is 6.78. The topological polar surface area (TPSA) is 84.1 Å². The molecule has 1 aliphatic rings. The summed E-state index contributed by atoms with van der Waals surface area (Å²) in [6.07, 6.45) is 3.87. The molecule has 0 aliphatic carbocycles. The van der Waals surface area contributed by atoms with Crippen LogP contribution in [0.2, 0.25) is 0 Å². The molecule has 1 atom stereocenters. The van der Waals surface area contributed by atoms with Crippen LogP contribution in [0.3, 0.4) is 0 Å². The number of aromatic nitrogens is 2. The molecular formula is C11H19N3O3S. The van der Waals surface area contributed by atoms with E-state index in [9.17, 15) is 8.42 Å². The van der Waals surface area contributed by atoms with Crippen LogP contribution in [0, 0.1) is 0 Å². The maximum absolute atomic E-state index is 12.0. The van der Waals surface area contributed by atoms with E-state index in [0.717, 1.165) is 12.8 Å². The molecule has 102 valence electrons. The van der Waals surface area contributed by atoms with Gasteiger partial charge in [-0.15, -0.1) is 0 Å². The van der Waals surface area contributed by atoms with Gasteiger partial charge in [0.1, 0.15) is 5.82 Å². The number of hydrogen-bond donors (Lipinski definition) is 2. The second-order valence-corrected chi connectivity index (χ2v) is 6.51. The van der Waals surface area contributed by atoms with E-state index in [1.54, 1.807) is 0 Å². The minimum Gasteiger partial charge on any atom is -0.374 e. The average molecular weight is 273 g/mol. The Bertz CT molecular complexity index is 503. The van der Waals surface area contributed by atoms with Crippen molar-refractivity contribution in [2.45, 2.75) is 43.7 Å². The zero-order valence-corrected chi connectivity index (χ0v) is 11.5. The number of aromatic amines is 1. The van der Waals surface area contributed by atoms with Crippen LogP contribution in [-0.4, -0.2) is 37.1 Å². The van der Waals surface area contributed by atoms with Gasteiger partial charge in [-0.05, 0) is 19.8 Å². The molecule has 0 amide bonds. The van der Waals surface area contributed by atoms with Crippen LogP contribution in [0.15, 0.2) is 11.2 Å². The number of ether oxygens (including phenoxy) is 1. The van der Waals surface area contributed by atoms with Crippen LogP contribution in [0.1, 0.15) is 32.5 Å². The quantitative estimate of drug-likeness (QED) is 0.832. The molecule has 6 nitrogen and oxygen atoms in total. The van der Waals surface area contributed by atoms with E-state index in [0.29, 0.717) is 18.9 Å². The number of nitrogens with one attached hydrogen (secondary N) is 2. The Balaban J connectivity index is 2.03. The Morgan fingerprint density at radius 2 is 2.39 bits per heavy atom. The van der Waals surface area contributed by atoms with E-state index < -0.39 is 10.0 Å². The van der Waals surface area contributed by atoms with Gasteiger partial charge in [-0.25, -0.2) is 18.1 Å². The molecule has 2 rings (SSSR count). The van der Waals surface area contributed by atoms with Gasteiger partial charge in [-0.1, -0.05) is 6.92 Å². The summed E-state index contributed by atoms with van der Waals surface area (Å²) in [5, 5.41) is 0.112. The van der Waals surface area contributed by atoms with Gasteiger partial charge in [-0.2, -0.15) is 0 Å². The summed E-state index contributed by atoms with van der Waals surface area (Å²) in [6.45, 7) is 4.82. The predicted octanol–water partition coefficient (Wildman–Crippen LogP) is 0.819. The van der Waals surface area contributed by atoms with Gasteiger partial charge in [0.25, 0.3) is 10.0 Å². The van der Waals surface area contributed by atoms with Gasteiger partial charge in [0.05, 0.1) is 11.8 Å². The standard InChI is InChI=1S/C11H19N3O3S/c1-3-9-12-7-10(14-9)18(15,16)13-8-11(2)5-4-6-17-11/h7,13H,3-6,8H2,1-2H3,(H,12,14). The lowest BCUT2D eigenvalue weighted by Crippen LogP contribution is -2.40. The third kappa shape index (κ3) is 2.90. The van der Waals surface area contributed by atoms with Crippen LogP contribution in [0.5, 0.6) is 0 Å². The van der Waals surface area contributed by atoms with Crippen molar-refractivity contribution >= 4 is 10.0 Å². The smallest absolute Gasteiger partial charge is 0.257 e. The first-order valence-corrected chi connectivity index (χ1v) is 7.61. The second kappa shape index (κ2) is 4.99. The fourth-order valence-corrected chi connectivity index (χ4v) is 3.06. The number of sulfonamides is 1. The van der Waals surface area contributed by atoms with Crippen LogP contribution in [-0.2, 0) is 21.2 Å². The molecule has 0 saturated carbocycles. The van der Waals surface area contributed by atoms with E-state index >= 15 is 0 Å². The maximum atomic E-state index is 12.0. The second-order valence-electron chi connectivity index (χ2n) is 4.77. The highest BCUT2D eigenvalue weighted by atomic mass is 32.2. The molecule has 1 unspecified atom stereocenters. The van der Waals surface area contributed by atoms with Crippen molar-refractivity contribution in [3.8, 4) is 0 Å². The molecule has 0 aromatic carbocycles. The number of imidazole rings is 1. The molecule has 2 heterocycles. The number of rotatable bonds is 5. The monoisotopic (exact) mass is 273 g/mol. The molecule has 18 heavy (non-hydrogen) atoms. The minimum atomic E-state index is -3.52. The van der Waals surface area contributed by atoms with E-state index in [-0.39, 0.29) is 17.2 Å². The van der Waals surface area contributed by atoms with Crippen LogP contribution < -0.4 is 4.72 Å².